The van der Waals surface area contributed by atoms with Gasteiger partial charge in [-0.15, -0.1) is 6.58 Å². The van der Waals surface area contributed by atoms with Gasteiger partial charge in [-0.05, 0) is 6.07 Å². The largest absolute Gasteiger partial charge is 0.280 e. The third-order valence-electron chi connectivity index (χ3n) is 2.35. The zero-order valence-electron chi connectivity index (χ0n) is 8.64. The maximum Gasteiger partial charge on any atom is 0.280 e. The smallest absolute Gasteiger partial charge is 0.258 e. The van der Waals surface area contributed by atoms with E-state index in [9.17, 15) is 10.1 Å². The van der Waals surface area contributed by atoms with Crippen molar-refractivity contribution in [3.05, 3.63) is 58.7 Å². The topological polar surface area (TPSA) is 43.1 Å². The summed E-state index contributed by atoms with van der Waals surface area (Å²) in [6, 6.07) is 5.22. The quantitative estimate of drug-likeness (QED) is 0.427. The summed E-state index contributed by atoms with van der Waals surface area (Å²) in [7, 11) is 0. The summed E-state index contributed by atoms with van der Waals surface area (Å²) in [6.45, 7) is 9.09. The van der Waals surface area contributed by atoms with Crippen molar-refractivity contribution in [1.29, 1.82) is 0 Å². The lowest BCUT2D eigenvalue weighted by Gasteiger charge is -2.08. The number of allylic oxidation sites excluding steroid dienone is 1. The molecule has 1 rings (SSSR count). The molecule has 1 aromatic rings. The fraction of sp³-hybridized carbons (Fsp3) is 0.167. The molecule has 0 fully saturated rings. The van der Waals surface area contributed by atoms with E-state index in [1.165, 1.54) is 6.08 Å². The minimum absolute atomic E-state index is 0.0368. The van der Waals surface area contributed by atoms with E-state index in [0.717, 1.165) is 0 Å². The Bertz CT molecular complexity index is 410. The predicted octanol–water partition coefficient (Wildman–Crippen LogP) is 3.53. The summed E-state index contributed by atoms with van der Waals surface area (Å²) in [4.78, 5) is 10.6. The maximum atomic E-state index is 10.9. The molecular weight excluding hydrogens is 190 g/mol. The SMILES string of the molecule is C=Cc1cccc(C(C)C=C)c1[N+](=O)[O-]. The molecule has 0 aliphatic heterocycles. The van der Waals surface area contributed by atoms with Crippen LogP contribution in [-0.4, -0.2) is 4.92 Å². The lowest BCUT2D eigenvalue weighted by atomic mass is 9.96. The van der Waals surface area contributed by atoms with Crippen LogP contribution in [0, 0.1) is 10.1 Å². The summed E-state index contributed by atoms with van der Waals surface area (Å²) in [6.07, 6.45) is 3.19. The number of benzene rings is 1. The van der Waals surface area contributed by atoms with Gasteiger partial charge in [-0.3, -0.25) is 10.1 Å². The van der Waals surface area contributed by atoms with E-state index in [1.54, 1.807) is 24.3 Å². The monoisotopic (exact) mass is 203 g/mol. The fourth-order valence-electron chi connectivity index (χ4n) is 1.45. The van der Waals surface area contributed by atoms with Gasteiger partial charge < -0.3 is 0 Å². The van der Waals surface area contributed by atoms with Crippen molar-refractivity contribution in [3.8, 4) is 0 Å². The second-order valence-corrected chi connectivity index (χ2v) is 3.27. The van der Waals surface area contributed by atoms with Crippen molar-refractivity contribution in [1.82, 2.24) is 0 Å². The van der Waals surface area contributed by atoms with Crippen molar-refractivity contribution in [2.24, 2.45) is 0 Å². The molecule has 1 aromatic carbocycles. The van der Waals surface area contributed by atoms with Gasteiger partial charge in [-0.25, -0.2) is 0 Å². The van der Waals surface area contributed by atoms with Crippen LogP contribution in [0.25, 0.3) is 6.08 Å². The Morgan fingerprint density at radius 1 is 1.47 bits per heavy atom. The average Bonchev–Trinajstić information content (AvgIpc) is 2.26. The number of para-hydroxylation sites is 1. The van der Waals surface area contributed by atoms with Crippen LogP contribution in [0.4, 0.5) is 5.69 Å². The molecule has 0 aliphatic carbocycles. The molecule has 0 saturated carbocycles. The Labute approximate surface area is 88.9 Å². The van der Waals surface area contributed by atoms with Gasteiger partial charge in [-0.2, -0.15) is 0 Å². The molecule has 3 heteroatoms. The highest BCUT2D eigenvalue weighted by Gasteiger charge is 2.19. The standard InChI is InChI=1S/C12H13NO2/c1-4-9(3)11-8-6-7-10(5-2)12(11)13(14)15/h4-9H,1-2H2,3H3. The van der Waals surface area contributed by atoms with Crippen molar-refractivity contribution in [3.63, 3.8) is 0 Å². The number of hydrogen-bond acceptors (Lipinski definition) is 2. The molecule has 0 spiro atoms. The van der Waals surface area contributed by atoms with Gasteiger partial charge in [-0.1, -0.05) is 37.8 Å². The Morgan fingerprint density at radius 2 is 2.13 bits per heavy atom. The highest BCUT2D eigenvalue weighted by Crippen LogP contribution is 2.30. The molecule has 0 radical (unpaired) electrons. The third-order valence-corrected chi connectivity index (χ3v) is 2.35. The second-order valence-electron chi connectivity index (χ2n) is 3.27. The van der Waals surface area contributed by atoms with E-state index in [1.807, 2.05) is 6.92 Å². The average molecular weight is 203 g/mol. The van der Waals surface area contributed by atoms with Gasteiger partial charge in [0.05, 0.1) is 10.5 Å². The first-order valence-corrected chi connectivity index (χ1v) is 4.64. The zero-order valence-corrected chi connectivity index (χ0v) is 8.64. The summed E-state index contributed by atoms with van der Waals surface area (Å²) in [5.74, 6) is -0.0368. The van der Waals surface area contributed by atoms with Gasteiger partial charge in [0, 0.05) is 11.5 Å². The number of nitro benzene ring substituents is 1. The number of rotatable bonds is 4. The molecule has 0 saturated heterocycles. The number of nitro groups is 1. The molecule has 15 heavy (non-hydrogen) atoms. The highest BCUT2D eigenvalue weighted by atomic mass is 16.6. The Balaban J connectivity index is 3.44. The minimum atomic E-state index is -0.369. The van der Waals surface area contributed by atoms with E-state index < -0.39 is 0 Å². The molecule has 1 atom stereocenters. The van der Waals surface area contributed by atoms with Gasteiger partial charge in [0.2, 0.25) is 0 Å². The lowest BCUT2D eigenvalue weighted by Crippen LogP contribution is -2.00. The third kappa shape index (κ3) is 2.13. The van der Waals surface area contributed by atoms with Crippen molar-refractivity contribution >= 4 is 11.8 Å². The first-order valence-electron chi connectivity index (χ1n) is 4.64. The van der Waals surface area contributed by atoms with E-state index in [-0.39, 0.29) is 16.5 Å². The van der Waals surface area contributed by atoms with Crippen LogP contribution in [0.3, 0.4) is 0 Å². The molecule has 0 amide bonds. The number of hydrogen-bond donors (Lipinski definition) is 0. The summed E-state index contributed by atoms with van der Waals surface area (Å²) in [5, 5.41) is 10.9. The first kappa shape index (κ1) is 11.2. The van der Waals surface area contributed by atoms with Crippen molar-refractivity contribution in [2.45, 2.75) is 12.8 Å². The number of nitrogens with zero attached hydrogens (tertiary/aromatic N) is 1. The van der Waals surface area contributed by atoms with E-state index in [0.29, 0.717) is 11.1 Å². The van der Waals surface area contributed by atoms with E-state index in [4.69, 9.17) is 0 Å². The predicted molar refractivity (Wildman–Crippen MR) is 61.8 cm³/mol. The van der Waals surface area contributed by atoms with Crippen LogP contribution in [0.15, 0.2) is 37.4 Å². The molecule has 0 heterocycles. The van der Waals surface area contributed by atoms with Gasteiger partial charge in [0.25, 0.3) is 5.69 Å². The summed E-state index contributed by atoms with van der Waals surface area (Å²) in [5.41, 5.74) is 1.35. The van der Waals surface area contributed by atoms with Crippen LogP contribution in [0.1, 0.15) is 24.0 Å². The molecule has 1 unspecified atom stereocenters. The Morgan fingerprint density at radius 3 is 2.60 bits per heavy atom. The van der Waals surface area contributed by atoms with Crippen LogP contribution >= 0.6 is 0 Å². The molecular formula is C12H13NO2. The zero-order chi connectivity index (χ0) is 11.4. The first-order chi connectivity index (χ1) is 7.11. The second kappa shape index (κ2) is 4.55. The van der Waals surface area contributed by atoms with Crippen molar-refractivity contribution in [2.75, 3.05) is 0 Å². The maximum absolute atomic E-state index is 10.9. The summed E-state index contributed by atoms with van der Waals surface area (Å²) < 4.78 is 0. The van der Waals surface area contributed by atoms with E-state index in [2.05, 4.69) is 13.2 Å². The van der Waals surface area contributed by atoms with Crippen LogP contribution in [0.5, 0.6) is 0 Å². The van der Waals surface area contributed by atoms with Crippen LogP contribution in [0.2, 0.25) is 0 Å². The Hall–Kier alpha value is -1.90. The van der Waals surface area contributed by atoms with Gasteiger partial charge in [0.15, 0.2) is 0 Å². The van der Waals surface area contributed by atoms with Crippen LogP contribution in [-0.2, 0) is 0 Å². The molecule has 0 aliphatic rings. The highest BCUT2D eigenvalue weighted by molar-refractivity contribution is 5.63. The van der Waals surface area contributed by atoms with Crippen LogP contribution < -0.4 is 0 Å². The lowest BCUT2D eigenvalue weighted by molar-refractivity contribution is -0.385. The van der Waals surface area contributed by atoms with E-state index >= 15 is 0 Å². The molecule has 78 valence electrons. The summed E-state index contributed by atoms with van der Waals surface area (Å²) >= 11 is 0. The molecule has 0 N–H and O–H groups in total. The fourth-order valence-corrected chi connectivity index (χ4v) is 1.45. The Kier molecular flexibility index (Phi) is 3.39. The molecule has 0 bridgehead atoms. The molecule has 0 aromatic heterocycles. The van der Waals surface area contributed by atoms with Gasteiger partial charge >= 0.3 is 0 Å². The minimum Gasteiger partial charge on any atom is -0.258 e. The molecule has 3 nitrogen and oxygen atoms in total. The normalized spacial score (nSPS) is 11.8. The van der Waals surface area contributed by atoms with Crippen molar-refractivity contribution < 1.29 is 4.92 Å². The van der Waals surface area contributed by atoms with Gasteiger partial charge in [0.1, 0.15) is 0 Å².